The van der Waals surface area contributed by atoms with Gasteiger partial charge in [0.05, 0.1) is 18.2 Å². The van der Waals surface area contributed by atoms with Crippen LogP contribution in [0.5, 0.6) is 0 Å². The van der Waals surface area contributed by atoms with Crippen LogP contribution in [0.4, 0.5) is 0 Å². The first kappa shape index (κ1) is 21.0. The molecule has 0 amide bonds. The van der Waals surface area contributed by atoms with Gasteiger partial charge >= 0.3 is 0 Å². The van der Waals surface area contributed by atoms with Crippen LogP contribution in [0.2, 0.25) is 0 Å². The number of nitriles is 1. The van der Waals surface area contributed by atoms with Crippen LogP contribution in [0, 0.1) is 28.6 Å². The molecule has 0 aliphatic carbocycles. The first-order chi connectivity index (χ1) is 13.3. The summed E-state index contributed by atoms with van der Waals surface area (Å²) in [4.78, 5) is 17.4. The molecule has 2 bridgehead atoms. The normalized spacial score (nSPS) is 23.4. The summed E-state index contributed by atoms with van der Waals surface area (Å²) >= 11 is 0. The van der Waals surface area contributed by atoms with Crippen molar-refractivity contribution in [1.82, 2.24) is 9.80 Å². The van der Waals surface area contributed by atoms with Gasteiger partial charge in [-0.1, -0.05) is 32.9 Å². The van der Waals surface area contributed by atoms with E-state index in [0.29, 0.717) is 12.3 Å². The fraction of sp³-hybridized carbons (Fsp3) is 0.667. The fourth-order valence-corrected chi connectivity index (χ4v) is 4.66. The number of unbranched alkanes of at least 4 members (excludes halogenated alkanes) is 1. The van der Waals surface area contributed by atoms with Gasteiger partial charge in [0.15, 0.2) is 5.78 Å². The highest BCUT2D eigenvalue weighted by Crippen LogP contribution is 2.29. The summed E-state index contributed by atoms with van der Waals surface area (Å²) < 4.78 is 0. The highest BCUT2D eigenvalue weighted by atomic mass is 16.1. The summed E-state index contributed by atoms with van der Waals surface area (Å²) in [6.45, 7) is 12.4. The van der Waals surface area contributed by atoms with Crippen molar-refractivity contribution in [2.24, 2.45) is 17.3 Å². The Hall–Kier alpha value is -1.70. The molecule has 28 heavy (non-hydrogen) atoms. The smallest absolute Gasteiger partial charge is 0.152 e. The summed E-state index contributed by atoms with van der Waals surface area (Å²) in [5, 5.41) is 8.87. The number of likely N-dealkylation sites (tertiary alicyclic amines) is 2. The average molecular weight is 382 g/mol. The maximum Gasteiger partial charge on any atom is 0.152 e. The molecule has 0 N–H and O–H groups in total. The number of piperidine rings is 2. The molecule has 152 valence electrons. The molecular formula is C24H35N3O. The third kappa shape index (κ3) is 5.90. The van der Waals surface area contributed by atoms with Gasteiger partial charge in [-0.25, -0.2) is 0 Å². The van der Waals surface area contributed by atoms with Crippen molar-refractivity contribution in [2.45, 2.75) is 46.5 Å². The molecule has 4 nitrogen and oxygen atoms in total. The minimum absolute atomic E-state index is 0.229. The van der Waals surface area contributed by atoms with Crippen molar-refractivity contribution in [1.29, 1.82) is 5.26 Å². The standard InChI is InChI=1S/C24H35N3O/c1-24(2,3)23(28)18-27-16-21-12-22(17-27)15-26(14-21)11-5-4-6-19-7-9-20(13-25)10-8-19/h7-10,21-22H,4-6,11-12,14-18H2,1-3H3. The molecular weight excluding hydrogens is 346 g/mol. The number of fused-ring (bicyclic) bond motifs is 2. The van der Waals surface area contributed by atoms with E-state index in [0.717, 1.165) is 36.9 Å². The van der Waals surface area contributed by atoms with Gasteiger partial charge in [-0.05, 0) is 61.8 Å². The second kappa shape index (κ2) is 9.20. The van der Waals surface area contributed by atoms with Gasteiger partial charge in [0.25, 0.3) is 0 Å². The van der Waals surface area contributed by atoms with Gasteiger partial charge in [0, 0.05) is 31.6 Å². The van der Waals surface area contributed by atoms with Crippen LogP contribution < -0.4 is 0 Å². The molecule has 0 radical (unpaired) electrons. The van der Waals surface area contributed by atoms with Crippen LogP contribution in [-0.2, 0) is 11.2 Å². The molecule has 3 rings (SSSR count). The van der Waals surface area contributed by atoms with Crippen LogP contribution in [0.3, 0.4) is 0 Å². The monoisotopic (exact) mass is 381 g/mol. The van der Waals surface area contributed by atoms with Gasteiger partial charge < -0.3 is 4.90 Å². The van der Waals surface area contributed by atoms with Crippen LogP contribution in [0.15, 0.2) is 24.3 Å². The van der Waals surface area contributed by atoms with E-state index in [2.05, 4.69) is 28.0 Å². The Morgan fingerprint density at radius 3 is 2.21 bits per heavy atom. The number of aryl methyl sites for hydroxylation is 1. The van der Waals surface area contributed by atoms with Gasteiger partial charge in [-0.15, -0.1) is 0 Å². The Morgan fingerprint density at radius 2 is 1.64 bits per heavy atom. The fourth-order valence-electron chi connectivity index (χ4n) is 4.66. The highest BCUT2D eigenvalue weighted by molar-refractivity contribution is 5.85. The Balaban J connectivity index is 1.38. The van der Waals surface area contributed by atoms with Crippen molar-refractivity contribution in [2.75, 3.05) is 39.3 Å². The molecule has 0 aromatic heterocycles. The van der Waals surface area contributed by atoms with Crippen molar-refractivity contribution in [3.8, 4) is 6.07 Å². The molecule has 2 unspecified atom stereocenters. The Bertz CT molecular complexity index is 684. The van der Waals surface area contributed by atoms with E-state index in [1.807, 2.05) is 32.9 Å². The minimum Gasteiger partial charge on any atom is -0.303 e. The van der Waals surface area contributed by atoms with Crippen molar-refractivity contribution in [3.05, 3.63) is 35.4 Å². The van der Waals surface area contributed by atoms with E-state index in [-0.39, 0.29) is 5.41 Å². The maximum atomic E-state index is 12.4. The largest absolute Gasteiger partial charge is 0.303 e. The van der Waals surface area contributed by atoms with Gasteiger partial charge in [-0.2, -0.15) is 5.26 Å². The van der Waals surface area contributed by atoms with Crippen LogP contribution in [0.1, 0.15) is 51.2 Å². The SMILES string of the molecule is CC(C)(C)C(=O)CN1CC2CC(CN(CCCCc3ccc(C#N)cc3)C2)C1. The highest BCUT2D eigenvalue weighted by Gasteiger charge is 2.35. The molecule has 2 saturated heterocycles. The predicted molar refractivity (Wildman–Crippen MR) is 113 cm³/mol. The first-order valence-corrected chi connectivity index (χ1v) is 10.8. The van der Waals surface area contributed by atoms with E-state index in [9.17, 15) is 4.79 Å². The number of carbonyl (C=O) groups excluding carboxylic acids is 1. The van der Waals surface area contributed by atoms with E-state index in [1.165, 1.54) is 44.5 Å². The van der Waals surface area contributed by atoms with Crippen molar-refractivity contribution in [3.63, 3.8) is 0 Å². The maximum absolute atomic E-state index is 12.4. The molecule has 4 heteroatoms. The second-order valence-corrected chi connectivity index (χ2v) is 9.86. The number of Topliss-reactive ketones (excluding diaryl/α,β-unsaturated/α-hetero) is 1. The lowest BCUT2D eigenvalue weighted by Crippen LogP contribution is -2.54. The number of nitrogens with zero attached hydrogens (tertiary/aromatic N) is 3. The topological polar surface area (TPSA) is 47.3 Å². The van der Waals surface area contributed by atoms with Crippen LogP contribution >= 0.6 is 0 Å². The van der Waals surface area contributed by atoms with E-state index in [1.54, 1.807) is 0 Å². The summed E-state index contributed by atoms with van der Waals surface area (Å²) in [5.74, 6) is 1.81. The Kier molecular flexibility index (Phi) is 6.91. The number of benzene rings is 1. The zero-order valence-corrected chi connectivity index (χ0v) is 17.8. The van der Waals surface area contributed by atoms with E-state index in [4.69, 9.17) is 5.26 Å². The molecule has 0 saturated carbocycles. The molecule has 1 aromatic rings. The molecule has 2 fully saturated rings. The van der Waals surface area contributed by atoms with E-state index >= 15 is 0 Å². The number of rotatable bonds is 7. The molecule has 2 atom stereocenters. The zero-order chi connectivity index (χ0) is 20.1. The summed E-state index contributed by atoms with van der Waals surface area (Å²) in [6, 6.07) is 10.2. The zero-order valence-electron chi connectivity index (χ0n) is 17.8. The number of hydrogen-bond acceptors (Lipinski definition) is 4. The third-order valence-electron chi connectivity index (χ3n) is 6.21. The summed E-state index contributed by atoms with van der Waals surface area (Å²) in [6.07, 6.45) is 4.85. The minimum atomic E-state index is -0.229. The predicted octanol–water partition coefficient (Wildman–Crippen LogP) is 3.75. The molecule has 1 aromatic carbocycles. The number of carbonyl (C=O) groups is 1. The lowest BCUT2D eigenvalue weighted by atomic mass is 9.83. The quantitative estimate of drug-likeness (QED) is 0.675. The molecule has 2 aliphatic rings. The van der Waals surface area contributed by atoms with Crippen LogP contribution in [0.25, 0.3) is 0 Å². The second-order valence-electron chi connectivity index (χ2n) is 9.86. The van der Waals surface area contributed by atoms with Crippen molar-refractivity contribution >= 4 is 5.78 Å². The Morgan fingerprint density at radius 1 is 1.04 bits per heavy atom. The summed E-state index contributed by atoms with van der Waals surface area (Å²) in [5.41, 5.74) is 1.84. The molecule has 2 aliphatic heterocycles. The van der Waals surface area contributed by atoms with Gasteiger partial charge in [-0.3, -0.25) is 9.69 Å². The van der Waals surface area contributed by atoms with Gasteiger partial charge in [0.1, 0.15) is 0 Å². The van der Waals surface area contributed by atoms with E-state index < -0.39 is 0 Å². The lowest BCUT2D eigenvalue weighted by Gasteiger charge is -2.46. The number of hydrogen-bond donors (Lipinski definition) is 0. The Labute approximate surface area is 170 Å². The first-order valence-electron chi connectivity index (χ1n) is 10.8. The third-order valence-corrected chi connectivity index (χ3v) is 6.21. The van der Waals surface area contributed by atoms with Gasteiger partial charge in [0.2, 0.25) is 0 Å². The average Bonchev–Trinajstić information content (AvgIpc) is 2.64. The number of ketones is 1. The van der Waals surface area contributed by atoms with Crippen molar-refractivity contribution < 1.29 is 4.79 Å². The molecule has 0 spiro atoms. The summed E-state index contributed by atoms with van der Waals surface area (Å²) in [7, 11) is 0. The molecule has 2 heterocycles. The lowest BCUT2D eigenvalue weighted by molar-refractivity contribution is -0.128. The van der Waals surface area contributed by atoms with Crippen LogP contribution in [-0.4, -0.2) is 54.9 Å².